The maximum atomic E-state index is 12.9. The number of rotatable bonds is 3. The van der Waals surface area contributed by atoms with Crippen LogP contribution in [0.3, 0.4) is 0 Å². The number of hydrogen-bond donors (Lipinski definition) is 1. The number of hydrogen-bond acceptors (Lipinski definition) is 4. The van der Waals surface area contributed by atoms with Crippen molar-refractivity contribution in [3.63, 3.8) is 0 Å². The summed E-state index contributed by atoms with van der Waals surface area (Å²) in [7, 11) is -3.67. The van der Waals surface area contributed by atoms with Crippen molar-refractivity contribution in [3.8, 4) is 5.75 Å². The monoisotopic (exact) mass is 430 g/mol. The van der Waals surface area contributed by atoms with Gasteiger partial charge in [-0.3, -0.25) is 4.79 Å². The van der Waals surface area contributed by atoms with E-state index in [1.165, 1.54) is 16.4 Å². The Morgan fingerprint density at radius 1 is 0.897 bits per heavy atom. The molecule has 1 N–H and O–H groups in total. The van der Waals surface area contributed by atoms with Crippen molar-refractivity contribution in [1.82, 2.24) is 9.21 Å². The Morgan fingerprint density at radius 3 is 2.21 bits per heavy atom. The number of sulfonamides is 1. The van der Waals surface area contributed by atoms with E-state index in [-0.39, 0.29) is 48.3 Å². The zero-order valence-electron chi connectivity index (χ0n) is 15.5. The molecule has 150 valence electrons. The lowest BCUT2D eigenvalue weighted by molar-refractivity contribution is 0.0695. The van der Waals surface area contributed by atoms with Crippen LogP contribution in [-0.2, 0) is 10.0 Å². The van der Waals surface area contributed by atoms with E-state index < -0.39 is 10.0 Å². The maximum Gasteiger partial charge on any atom is 0.257 e. The molecular weight excluding hydrogens is 412 g/mol. The minimum atomic E-state index is -3.67. The number of amides is 1. The molecule has 1 amide bonds. The molecule has 0 radical (unpaired) electrons. The summed E-state index contributed by atoms with van der Waals surface area (Å²) in [6, 6.07) is 16.8. The second kappa shape index (κ2) is 7.67. The predicted molar refractivity (Wildman–Crippen MR) is 112 cm³/mol. The van der Waals surface area contributed by atoms with Crippen molar-refractivity contribution in [2.24, 2.45) is 0 Å². The highest BCUT2D eigenvalue weighted by Gasteiger charge is 2.31. The Balaban J connectivity index is 1.51. The number of piperazine rings is 1. The highest BCUT2D eigenvalue weighted by Crippen LogP contribution is 2.27. The number of phenolic OH excluding ortho intramolecular Hbond substituents is 1. The molecule has 0 aliphatic carbocycles. The fourth-order valence-corrected chi connectivity index (χ4v) is 5.20. The first-order valence-electron chi connectivity index (χ1n) is 9.13. The molecule has 3 aromatic carbocycles. The van der Waals surface area contributed by atoms with Crippen molar-refractivity contribution in [2.75, 3.05) is 26.2 Å². The normalized spacial score (nSPS) is 15.6. The number of aromatic hydroxyl groups is 1. The fraction of sp³-hybridized carbons (Fsp3) is 0.190. The summed E-state index contributed by atoms with van der Waals surface area (Å²) in [6.07, 6.45) is 0. The summed E-state index contributed by atoms with van der Waals surface area (Å²) in [5, 5.41) is 12.4. The highest BCUT2D eigenvalue weighted by atomic mass is 35.5. The summed E-state index contributed by atoms with van der Waals surface area (Å²) < 4.78 is 27.0. The third kappa shape index (κ3) is 3.81. The minimum absolute atomic E-state index is 0.0809. The van der Waals surface area contributed by atoms with Crippen molar-refractivity contribution < 1.29 is 18.3 Å². The summed E-state index contributed by atoms with van der Waals surface area (Å²) in [4.78, 5) is 14.6. The topological polar surface area (TPSA) is 77.9 Å². The van der Waals surface area contributed by atoms with Crippen molar-refractivity contribution in [1.29, 1.82) is 0 Å². The summed E-state index contributed by atoms with van der Waals surface area (Å²) >= 11 is 5.92. The van der Waals surface area contributed by atoms with Gasteiger partial charge in [-0.25, -0.2) is 8.42 Å². The molecule has 0 aromatic heterocycles. The zero-order chi connectivity index (χ0) is 20.6. The van der Waals surface area contributed by atoms with E-state index in [1.807, 2.05) is 24.3 Å². The lowest BCUT2D eigenvalue weighted by Crippen LogP contribution is -2.50. The van der Waals surface area contributed by atoms with E-state index in [9.17, 15) is 18.3 Å². The largest absolute Gasteiger partial charge is 0.507 e. The predicted octanol–water partition coefficient (Wildman–Crippen LogP) is 3.35. The first kappa shape index (κ1) is 19.7. The van der Waals surface area contributed by atoms with Gasteiger partial charge in [0.2, 0.25) is 10.0 Å². The van der Waals surface area contributed by atoms with Crippen LogP contribution in [0.2, 0.25) is 5.02 Å². The fourth-order valence-electron chi connectivity index (χ4n) is 3.48. The van der Waals surface area contributed by atoms with Gasteiger partial charge < -0.3 is 10.0 Å². The first-order chi connectivity index (χ1) is 13.9. The summed E-state index contributed by atoms with van der Waals surface area (Å²) in [6.45, 7) is 0.833. The van der Waals surface area contributed by atoms with E-state index in [2.05, 4.69) is 0 Å². The van der Waals surface area contributed by atoms with E-state index in [0.29, 0.717) is 5.02 Å². The Labute approximate surface area is 174 Å². The molecule has 6 nitrogen and oxygen atoms in total. The van der Waals surface area contributed by atoms with Crippen LogP contribution in [-0.4, -0.2) is 54.8 Å². The smallest absolute Gasteiger partial charge is 0.257 e. The van der Waals surface area contributed by atoms with Crippen LogP contribution < -0.4 is 0 Å². The molecule has 0 unspecified atom stereocenters. The Kier molecular flexibility index (Phi) is 5.21. The SMILES string of the molecule is O=C(c1cc2ccccc2cc1O)N1CCN(S(=O)(=O)c2cccc(Cl)c2)CC1. The average molecular weight is 431 g/mol. The van der Waals surface area contributed by atoms with Crippen LogP contribution in [0.4, 0.5) is 0 Å². The van der Waals surface area contributed by atoms with Crippen LogP contribution in [0, 0.1) is 0 Å². The number of halogens is 1. The molecule has 1 aliphatic rings. The molecule has 29 heavy (non-hydrogen) atoms. The second-order valence-corrected chi connectivity index (χ2v) is 9.24. The molecule has 1 fully saturated rings. The maximum absolute atomic E-state index is 12.9. The van der Waals surface area contributed by atoms with Gasteiger partial charge in [0.25, 0.3) is 5.91 Å². The molecule has 4 rings (SSSR count). The van der Waals surface area contributed by atoms with Gasteiger partial charge in [-0.15, -0.1) is 0 Å². The van der Waals surface area contributed by atoms with Crippen molar-refractivity contribution >= 4 is 38.3 Å². The van der Waals surface area contributed by atoms with Gasteiger partial charge in [-0.1, -0.05) is 41.9 Å². The molecule has 0 bridgehead atoms. The number of nitrogens with zero attached hydrogens (tertiary/aromatic N) is 2. The quantitative estimate of drug-likeness (QED) is 0.691. The Bertz CT molecular complexity index is 1190. The van der Waals surface area contributed by atoms with Gasteiger partial charge in [0.15, 0.2) is 0 Å². The molecule has 1 saturated heterocycles. The molecule has 0 saturated carbocycles. The average Bonchev–Trinajstić information content (AvgIpc) is 2.73. The third-order valence-corrected chi connectivity index (χ3v) is 7.18. The molecule has 8 heteroatoms. The van der Waals surface area contributed by atoms with Crippen molar-refractivity contribution in [2.45, 2.75) is 4.90 Å². The van der Waals surface area contributed by atoms with Gasteiger partial charge >= 0.3 is 0 Å². The first-order valence-corrected chi connectivity index (χ1v) is 10.9. The summed E-state index contributed by atoms with van der Waals surface area (Å²) in [5.74, 6) is -0.393. The number of fused-ring (bicyclic) bond motifs is 1. The van der Waals surface area contributed by atoms with E-state index in [1.54, 1.807) is 29.2 Å². The summed E-state index contributed by atoms with van der Waals surface area (Å²) in [5.41, 5.74) is 0.217. The molecule has 1 aliphatic heterocycles. The van der Waals surface area contributed by atoms with Gasteiger partial charge in [0.05, 0.1) is 10.5 Å². The lowest BCUT2D eigenvalue weighted by atomic mass is 10.0. The Hall–Kier alpha value is -2.61. The standard InChI is InChI=1S/C21H19ClN2O4S/c22-17-6-3-7-18(14-17)29(27,28)24-10-8-23(9-11-24)21(26)19-12-15-4-1-2-5-16(15)13-20(19)25/h1-7,12-14,25H,8-11H2. The number of phenols is 1. The van der Waals surface area contributed by atoms with Gasteiger partial charge in [-0.2, -0.15) is 4.31 Å². The van der Waals surface area contributed by atoms with Crippen LogP contribution in [0.5, 0.6) is 5.75 Å². The van der Waals surface area contributed by atoms with Crippen LogP contribution in [0.15, 0.2) is 65.6 Å². The second-order valence-electron chi connectivity index (χ2n) is 6.87. The molecule has 1 heterocycles. The van der Waals surface area contributed by atoms with E-state index >= 15 is 0 Å². The van der Waals surface area contributed by atoms with Gasteiger partial charge in [0, 0.05) is 31.2 Å². The van der Waals surface area contributed by atoms with Crippen LogP contribution in [0.1, 0.15) is 10.4 Å². The number of carbonyl (C=O) groups excluding carboxylic acids is 1. The van der Waals surface area contributed by atoms with E-state index in [4.69, 9.17) is 11.6 Å². The van der Waals surface area contributed by atoms with Crippen LogP contribution >= 0.6 is 11.6 Å². The van der Waals surface area contributed by atoms with Crippen LogP contribution in [0.25, 0.3) is 10.8 Å². The molecule has 0 atom stereocenters. The third-order valence-electron chi connectivity index (χ3n) is 5.05. The molecular formula is C21H19ClN2O4S. The molecule has 0 spiro atoms. The lowest BCUT2D eigenvalue weighted by Gasteiger charge is -2.34. The molecule has 3 aromatic rings. The van der Waals surface area contributed by atoms with Gasteiger partial charge in [-0.05, 0) is 41.1 Å². The zero-order valence-corrected chi connectivity index (χ0v) is 17.0. The highest BCUT2D eigenvalue weighted by molar-refractivity contribution is 7.89. The van der Waals surface area contributed by atoms with E-state index in [0.717, 1.165) is 10.8 Å². The minimum Gasteiger partial charge on any atom is -0.507 e. The van der Waals surface area contributed by atoms with Gasteiger partial charge in [0.1, 0.15) is 5.75 Å². The van der Waals surface area contributed by atoms with Crippen molar-refractivity contribution in [3.05, 3.63) is 71.2 Å². The number of carbonyl (C=O) groups is 1. The Morgan fingerprint density at radius 2 is 1.55 bits per heavy atom. The number of benzene rings is 3.